The Labute approximate surface area is 152 Å². The zero-order valence-electron chi connectivity index (χ0n) is 13.3. The van der Waals surface area contributed by atoms with E-state index < -0.39 is 6.04 Å². The summed E-state index contributed by atoms with van der Waals surface area (Å²) in [6, 6.07) is 5.04. The molecule has 6 nitrogen and oxygen atoms in total. The standard InChI is InChI=1S/C17H19N3O3.Mn/c1-3-19(4-2)12-5-6-13-11(9-12)10-20(17(13)23)14-7-8-15(21)18-16(14)22;/h5-6,9,14H,1-4,7-8,10H2,(H,18,21,22);/q-2;+2/t14-;/m0./s1. The van der Waals surface area contributed by atoms with Crippen LogP contribution < -0.4 is 10.2 Å². The van der Waals surface area contributed by atoms with Crippen LogP contribution in [0.3, 0.4) is 0 Å². The number of rotatable bonds is 4. The summed E-state index contributed by atoms with van der Waals surface area (Å²) in [5.74, 6) is -0.823. The van der Waals surface area contributed by atoms with Crippen molar-refractivity contribution in [1.29, 1.82) is 0 Å². The molecule has 0 aromatic heterocycles. The summed E-state index contributed by atoms with van der Waals surface area (Å²) in [5.41, 5.74) is 2.47. The van der Waals surface area contributed by atoms with E-state index in [1.54, 1.807) is 11.0 Å². The van der Waals surface area contributed by atoms with Crippen molar-refractivity contribution in [3.63, 3.8) is 0 Å². The fraction of sp³-hybridized carbons (Fsp3) is 0.353. The summed E-state index contributed by atoms with van der Waals surface area (Å²) in [4.78, 5) is 39.4. The van der Waals surface area contributed by atoms with Crippen LogP contribution in [0.4, 0.5) is 5.69 Å². The number of anilines is 1. The molecule has 0 aliphatic carbocycles. The van der Waals surface area contributed by atoms with Crippen molar-refractivity contribution in [2.75, 3.05) is 18.0 Å². The van der Waals surface area contributed by atoms with Gasteiger partial charge in [-0.05, 0) is 30.2 Å². The van der Waals surface area contributed by atoms with Gasteiger partial charge in [0.1, 0.15) is 6.04 Å². The first kappa shape index (κ1) is 18.5. The molecule has 2 aliphatic heterocycles. The molecule has 2 heterocycles. The summed E-state index contributed by atoms with van der Waals surface area (Å²) >= 11 is 0. The van der Waals surface area contributed by atoms with Crippen LogP contribution in [0.2, 0.25) is 0 Å². The van der Waals surface area contributed by atoms with Crippen LogP contribution in [0.15, 0.2) is 18.2 Å². The Morgan fingerprint density at radius 1 is 1.21 bits per heavy atom. The number of fused-ring (bicyclic) bond motifs is 1. The number of carbonyl (C=O) groups is 3. The Morgan fingerprint density at radius 2 is 1.92 bits per heavy atom. The van der Waals surface area contributed by atoms with E-state index in [4.69, 9.17) is 0 Å². The van der Waals surface area contributed by atoms with Gasteiger partial charge in [0.05, 0.1) is 0 Å². The van der Waals surface area contributed by atoms with Crippen LogP contribution in [-0.4, -0.2) is 41.8 Å². The molecule has 0 unspecified atom stereocenters. The third-order valence-corrected chi connectivity index (χ3v) is 4.41. The van der Waals surface area contributed by atoms with Gasteiger partial charge in [0, 0.05) is 24.2 Å². The van der Waals surface area contributed by atoms with Crippen LogP contribution in [0.1, 0.15) is 28.8 Å². The molecule has 7 heteroatoms. The van der Waals surface area contributed by atoms with Gasteiger partial charge >= 0.3 is 17.1 Å². The second kappa shape index (κ2) is 7.36. The molecule has 3 rings (SSSR count). The predicted octanol–water partition coefficient (Wildman–Crippen LogP) is 0.920. The monoisotopic (exact) mass is 368 g/mol. The zero-order chi connectivity index (χ0) is 16.6. The summed E-state index contributed by atoms with van der Waals surface area (Å²) in [5, 5.41) is 2.30. The molecule has 1 N–H and O–H groups in total. The average molecular weight is 368 g/mol. The third-order valence-electron chi connectivity index (χ3n) is 4.41. The van der Waals surface area contributed by atoms with Crippen molar-refractivity contribution in [2.24, 2.45) is 0 Å². The molecule has 1 aromatic rings. The summed E-state index contributed by atoms with van der Waals surface area (Å²) in [6.45, 7) is 9.31. The topological polar surface area (TPSA) is 69.7 Å². The first-order valence-electron chi connectivity index (χ1n) is 7.66. The molecule has 3 amide bonds. The quantitative estimate of drug-likeness (QED) is 0.488. The van der Waals surface area contributed by atoms with E-state index in [9.17, 15) is 14.4 Å². The largest absolute Gasteiger partial charge is 2.00 e. The summed E-state index contributed by atoms with van der Waals surface area (Å²) in [7, 11) is 0. The maximum atomic E-state index is 12.6. The molecule has 127 valence electrons. The van der Waals surface area contributed by atoms with Gasteiger partial charge in [0.25, 0.3) is 5.91 Å². The second-order valence-corrected chi connectivity index (χ2v) is 5.73. The predicted molar refractivity (Wildman–Crippen MR) is 85.4 cm³/mol. The van der Waals surface area contributed by atoms with Gasteiger partial charge in [-0.25, -0.2) is 0 Å². The third kappa shape index (κ3) is 3.19. The molecule has 0 bridgehead atoms. The van der Waals surface area contributed by atoms with Gasteiger partial charge < -0.3 is 23.6 Å². The van der Waals surface area contributed by atoms with Crippen LogP contribution in [0.25, 0.3) is 0 Å². The number of amides is 3. The number of nitrogens with one attached hydrogen (secondary N) is 1. The van der Waals surface area contributed by atoms with Gasteiger partial charge in [0.2, 0.25) is 11.8 Å². The number of imide groups is 1. The smallest absolute Gasteiger partial charge is 0.432 e. The molecule has 1 radical (unpaired) electrons. The maximum absolute atomic E-state index is 12.6. The van der Waals surface area contributed by atoms with Crippen molar-refractivity contribution in [3.05, 3.63) is 43.2 Å². The minimum Gasteiger partial charge on any atom is -0.432 e. The van der Waals surface area contributed by atoms with E-state index in [0.717, 1.165) is 11.3 Å². The van der Waals surface area contributed by atoms with Gasteiger partial charge in [-0.2, -0.15) is 0 Å². The number of carbonyl (C=O) groups excluding carboxylic acids is 3. The summed E-state index contributed by atoms with van der Waals surface area (Å²) in [6.07, 6.45) is 0.639. The normalized spacial score (nSPS) is 19.7. The molecular weight excluding hydrogens is 349 g/mol. The van der Waals surface area contributed by atoms with Crippen LogP contribution >= 0.6 is 0 Å². The summed E-state index contributed by atoms with van der Waals surface area (Å²) < 4.78 is 0. The Hall–Kier alpha value is -1.85. The van der Waals surface area contributed by atoms with Gasteiger partial charge in [-0.1, -0.05) is 0 Å². The van der Waals surface area contributed by atoms with Gasteiger partial charge in [0.15, 0.2) is 0 Å². The van der Waals surface area contributed by atoms with E-state index >= 15 is 0 Å². The fourth-order valence-electron chi connectivity index (χ4n) is 3.13. The van der Waals surface area contributed by atoms with E-state index in [1.165, 1.54) is 0 Å². The Balaban J connectivity index is 0.00000208. The van der Waals surface area contributed by atoms with E-state index in [-0.39, 0.29) is 41.2 Å². The molecule has 1 atom stereocenters. The Bertz CT molecular complexity index is 673. The average Bonchev–Trinajstić information content (AvgIpc) is 2.85. The van der Waals surface area contributed by atoms with Gasteiger partial charge in [-0.15, -0.1) is 13.1 Å². The molecule has 24 heavy (non-hydrogen) atoms. The molecule has 0 saturated carbocycles. The number of nitrogens with zero attached hydrogens (tertiary/aromatic N) is 2. The fourth-order valence-corrected chi connectivity index (χ4v) is 3.13. The minimum absolute atomic E-state index is 0. The molecular formula is C17H19MnN3O3. The van der Waals surface area contributed by atoms with Crippen LogP contribution in [-0.2, 0) is 33.2 Å². The van der Waals surface area contributed by atoms with Gasteiger partial charge in [-0.3, -0.25) is 19.7 Å². The first-order chi connectivity index (χ1) is 11.0. The molecule has 0 spiro atoms. The SMILES string of the molecule is [CH2-]CN(C[CH2-])c1ccc2c(c1)CN([C@H]1CCC(=O)NC1=O)C2=O.[Mn+2]. The molecule has 2 aliphatic rings. The van der Waals surface area contributed by atoms with Crippen molar-refractivity contribution >= 4 is 23.4 Å². The van der Waals surface area contributed by atoms with Crippen molar-refractivity contribution < 1.29 is 31.5 Å². The van der Waals surface area contributed by atoms with Crippen molar-refractivity contribution in [2.45, 2.75) is 25.4 Å². The van der Waals surface area contributed by atoms with Crippen molar-refractivity contribution in [1.82, 2.24) is 10.2 Å². The van der Waals surface area contributed by atoms with E-state index in [2.05, 4.69) is 19.2 Å². The Morgan fingerprint density at radius 3 is 2.54 bits per heavy atom. The number of benzene rings is 1. The van der Waals surface area contributed by atoms with Crippen molar-refractivity contribution in [3.8, 4) is 0 Å². The van der Waals surface area contributed by atoms with Crippen LogP contribution in [0, 0.1) is 13.8 Å². The zero-order valence-corrected chi connectivity index (χ0v) is 14.4. The number of hydrogen-bond acceptors (Lipinski definition) is 4. The van der Waals surface area contributed by atoms with E-state index in [1.807, 2.05) is 17.0 Å². The first-order valence-corrected chi connectivity index (χ1v) is 7.66. The second-order valence-electron chi connectivity index (χ2n) is 5.73. The Kier molecular flexibility index (Phi) is 5.67. The number of piperidine rings is 1. The molecule has 1 fully saturated rings. The minimum atomic E-state index is -0.576. The molecule has 1 aromatic carbocycles. The van der Waals surface area contributed by atoms with E-state index in [0.29, 0.717) is 31.6 Å². The number of hydrogen-bond donors (Lipinski definition) is 1. The van der Waals surface area contributed by atoms with Crippen LogP contribution in [0.5, 0.6) is 0 Å². The molecule has 1 saturated heterocycles. The maximum Gasteiger partial charge on any atom is 2.00 e.